The highest BCUT2D eigenvalue weighted by molar-refractivity contribution is 5.96. The molecule has 0 aromatic heterocycles. The Kier molecular flexibility index (Phi) is 5.58. The molecule has 0 aromatic rings. The molecule has 0 bridgehead atoms. The van der Waals surface area contributed by atoms with Crippen LogP contribution in [0.2, 0.25) is 0 Å². The summed E-state index contributed by atoms with van der Waals surface area (Å²) in [5.74, 6) is -0.182. The van der Waals surface area contributed by atoms with Crippen molar-refractivity contribution in [1.82, 2.24) is 0 Å². The van der Waals surface area contributed by atoms with Crippen LogP contribution in [0.3, 0.4) is 0 Å². The van der Waals surface area contributed by atoms with Gasteiger partial charge in [-0.3, -0.25) is 4.79 Å². The van der Waals surface area contributed by atoms with Crippen molar-refractivity contribution in [2.45, 2.75) is 27.1 Å². The van der Waals surface area contributed by atoms with Gasteiger partial charge >= 0.3 is 0 Å². The van der Waals surface area contributed by atoms with Gasteiger partial charge in [0.25, 0.3) is 0 Å². The highest BCUT2D eigenvalue weighted by Gasteiger charge is 2.18. The van der Waals surface area contributed by atoms with Crippen molar-refractivity contribution in [3.05, 3.63) is 12.2 Å². The Morgan fingerprint density at radius 1 is 1.33 bits per heavy atom. The first-order chi connectivity index (χ1) is 5.63. The van der Waals surface area contributed by atoms with Gasteiger partial charge in [-0.2, -0.15) is 0 Å². The number of hydrogen-bond acceptors (Lipinski definition) is 3. The molecular formula is C9H16O3. The van der Waals surface area contributed by atoms with Crippen molar-refractivity contribution in [3.63, 3.8) is 0 Å². The summed E-state index contributed by atoms with van der Waals surface area (Å²) in [5, 5.41) is 0. The summed E-state index contributed by atoms with van der Waals surface area (Å²) in [4.78, 5) is 11.3. The van der Waals surface area contributed by atoms with Gasteiger partial charge in [0.15, 0.2) is 0 Å². The Bertz CT molecular complexity index is 157. The minimum atomic E-state index is -0.766. The highest BCUT2D eigenvalue weighted by atomic mass is 16.7. The molecule has 0 N–H and O–H groups in total. The molecule has 3 nitrogen and oxygen atoms in total. The second-order valence-electron chi connectivity index (χ2n) is 2.39. The lowest BCUT2D eigenvalue weighted by molar-refractivity contribution is -0.163. The smallest absolute Gasteiger partial charge is 0.222 e. The number of Topliss-reactive ketones (excluding diaryl/α,β-unsaturated/α-hetero) is 1. The SMILES string of the molecule is C=C(C)C(=O)C(OCC)OCC. The molecule has 0 saturated heterocycles. The first-order valence-electron chi connectivity index (χ1n) is 4.06. The highest BCUT2D eigenvalue weighted by Crippen LogP contribution is 2.03. The average Bonchev–Trinajstić information content (AvgIpc) is 2.03. The van der Waals surface area contributed by atoms with Crippen LogP contribution >= 0.6 is 0 Å². The molecule has 0 saturated carbocycles. The standard InChI is InChI=1S/C9H16O3/c1-5-11-9(12-6-2)8(10)7(3)4/h9H,3,5-6H2,1-2,4H3. The van der Waals surface area contributed by atoms with Crippen molar-refractivity contribution in [1.29, 1.82) is 0 Å². The fourth-order valence-corrected chi connectivity index (χ4v) is 0.703. The van der Waals surface area contributed by atoms with E-state index in [-0.39, 0.29) is 5.78 Å². The van der Waals surface area contributed by atoms with Gasteiger partial charge in [-0.1, -0.05) is 6.58 Å². The third-order valence-corrected chi connectivity index (χ3v) is 1.27. The fraction of sp³-hybridized carbons (Fsp3) is 0.667. The van der Waals surface area contributed by atoms with Gasteiger partial charge in [0.1, 0.15) is 0 Å². The molecule has 3 heteroatoms. The second kappa shape index (κ2) is 5.91. The number of ketones is 1. The monoisotopic (exact) mass is 172 g/mol. The largest absolute Gasteiger partial charge is 0.346 e. The van der Waals surface area contributed by atoms with Crippen molar-refractivity contribution in [2.24, 2.45) is 0 Å². The molecule has 0 aliphatic carbocycles. The van der Waals surface area contributed by atoms with E-state index in [0.29, 0.717) is 18.8 Å². The van der Waals surface area contributed by atoms with Gasteiger partial charge in [0.05, 0.1) is 0 Å². The molecule has 0 fully saturated rings. The lowest BCUT2D eigenvalue weighted by atomic mass is 10.2. The lowest BCUT2D eigenvalue weighted by Crippen LogP contribution is -2.28. The Balaban J connectivity index is 4.08. The zero-order chi connectivity index (χ0) is 9.56. The summed E-state index contributed by atoms with van der Waals surface area (Å²) in [5.41, 5.74) is 0.460. The predicted octanol–water partition coefficient (Wildman–Crippen LogP) is 1.53. The summed E-state index contributed by atoms with van der Waals surface area (Å²) in [6.45, 7) is 9.74. The van der Waals surface area contributed by atoms with E-state index in [1.54, 1.807) is 6.92 Å². The number of hydrogen-bond donors (Lipinski definition) is 0. The van der Waals surface area contributed by atoms with Crippen molar-refractivity contribution in [2.75, 3.05) is 13.2 Å². The molecule has 0 aromatic carbocycles. The molecule has 0 rings (SSSR count). The molecular weight excluding hydrogens is 156 g/mol. The minimum Gasteiger partial charge on any atom is -0.346 e. The van der Waals surface area contributed by atoms with E-state index in [2.05, 4.69) is 6.58 Å². The van der Waals surface area contributed by atoms with E-state index < -0.39 is 6.29 Å². The summed E-state index contributed by atoms with van der Waals surface area (Å²) < 4.78 is 10.1. The number of carbonyl (C=O) groups is 1. The van der Waals surface area contributed by atoms with Crippen LogP contribution in [0.5, 0.6) is 0 Å². The van der Waals surface area contributed by atoms with Crippen LogP contribution in [0, 0.1) is 0 Å². The molecule has 12 heavy (non-hydrogen) atoms. The third kappa shape index (κ3) is 3.64. The van der Waals surface area contributed by atoms with Gasteiger partial charge in [-0.15, -0.1) is 0 Å². The molecule has 0 atom stereocenters. The van der Waals surface area contributed by atoms with Crippen LogP contribution < -0.4 is 0 Å². The maximum absolute atomic E-state index is 11.3. The average molecular weight is 172 g/mol. The van der Waals surface area contributed by atoms with Gasteiger partial charge in [0.2, 0.25) is 12.1 Å². The molecule has 0 unspecified atom stereocenters. The van der Waals surface area contributed by atoms with E-state index in [9.17, 15) is 4.79 Å². The second-order valence-corrected chi connectivity index (χ2v) is 2.39. The summed E-state index contributed by atoms with van der Waals surface area (Å²) >= 11 is 0. The first kappa shape index (κ1) is 11.3. The van der Waals surface area contributed by atoms with Gasteiger partial charge in [0, 0.05) is 13.2 Å². The van der Waals surface area contributed by atoms with Crippen LogP contribution in [-0.2, 0) is 14.3 Å². The Morgan fingerprint density at radius 2 is 1.75 bits per heavy atom. The minimum absolute atomic E-state index is 0.182. The van der Waals surface area contributed by atoms with E-state index in [1.165, 1.54) is 0 Å². The summed E-state index contributed by atoms with van der Waals surface area (Å²) in [6, 6.07) is 0. The molecule has 0 aliphatic rings. The maximum Gasteiger partial charge on any atom is 0.222 e. The molecule has 0 amide bonds. The van der Waals surface area contributed by atoms with Gasteiger partial charge < -0.3 is 9.47 Å². The van der Waals surface area contributed by atoms with E-state index in [1.807, 2.05) is 13.8 Å². The van der Waals surface area contributed by atoms with E-state index >= 15 is 0 Å². The van der Waals surface area contributed by atoms with Gasteiger partial charge in [-0.25, -0.2) is 0 Å². The Morgan fingerprint density at radius 3 is 2.00 bits per heavy atom. The zero-order valence-electron chi connectivity index (χ0n) is 7.92. The zero-order valence-corrected chi connectivity index (χ0v) is 7.92. The molecule has 0 heterocycles. The van der Waals surface area contributed by atoms with Crippen LogP contribution in [0.1, 0.15) is 20.8 Å². The molecule has 0 aliphatic heterocycles. The summed E-state index contributed by atoms with van der Waals surface area (Å²) in [7, 11) is 0. The van der Waals surface area contributed by atoms with Crippen LogP contribution in [0.4, 0.5) is 0 Å². The topological polar surface area (TPSA) is 35.5 Å². The van der Waals surface area contributed by atoms with Crippen molar-refractivity contribution in [3.8, 4) is 0 Å². The van der Waals surface area contributed by atoms with Crippen LogP contribution in [0.15, 0.2) is 12.2 Å². The number of carbonyl (C=O) groups excluding carboxylic acids is 1. The molecule has 70 valence electrons. The van der Waals surface area contributed by atoms with Crippen molar-refractivity contribution >= 4 is 5.78 Å². The maximum atomic E-state index is 11.3. The third-order valence-electron chi connectivity index (χ3n) is 1.27. The number of rotatable bonds is 6. The van der Waals surface area contributed by atoms with E-state index in [0.717, 1.165) is 0 Å². The van der Waals surface area contributed by atoms with Gasteiger partial charge in [-0.05, 0) is 26.3 Å². The van der Waals surface area contributed by atoms with Crippen molar-refractivity contribution < 1.29 is 14.3 Å². The van der Waals surface area contributed by atoms with Crippen LogP contribution in [0.25, 0.3) is 0 Å². The normalized spacial score (nSPS) is 10.3. The lowest BCUT2D eigenvalue weighted by Gasteiger charge is -2.14. The number of ether oxygens (including phenoxy) is 2. The fourth-order valence-electron chi connectivity index (χ4n) is 0.703. The molecule has 0 spiro atoms. The summed E-state index contributed by atoms with van der Waals surface area (Å²) in [6.07, 6.45) is -0.766. The quantitative estimate of drug-likeness (QED) is 0.450. The Labute approximate surface area is 73.4 Å². The van der Waals surface area contributed by atoms with E-state index in [4.69, 9.17) is 9.47 Å². The predicted molar refractivity (Wildman–Crippen MR) is 46.9 cm³/mol. The molecule has 0 radical (unpaired) electrons. The Hall–Kier alpha value is -0.670. The van der Waals surface area contributed by atoms with Crippen LogP contribution in [-0.4, -0.2) is 25.3 Å². The first-order valence-corrected chi connectivity index (χ1v) is 4.06.